The highest BCUT2D eigenvalue weighted by Crippen LogP contribution is 2.32. The number of azide groups is 1. The van der Waals surface area contributed by atoms with Crippen LogP contribution >= 0.6 is 0 Å². The minimum Gasteiger partial charge on any atom is -0.373 e. The summed E-state index contributed by atoms with van der Waals surface area (Å²) in [7, 11) is -6.12. The van der Waals surface area contributed by atoms with Crippen LogP contribution in [0.5, 0.6) is 5.75 Å². The minimum atomic E-state index is -6.12. The van der Waals surface area contributed by atoms with Gasteiger partial charge < -0.3 is 4.18 Å². The van der Waals surface area contributed by atoms with Crippen LogP contribution in [0.15, 0.2) is 17.2 Å². The number of hydrogen-bond acceptors (Lipinski definition) is 4. The summed E-state index contributed by atoms with van der Waals surface area (Å²) in [6, 6.07) is 0.207. The predicted octanol–water partition coefficient (Wildman–Crippen LogP) is 3.14. The molecule has 0 saturated heterocycles. The molecule has 0 amide bonds. The molecule has 0 radical (unpaired) electrons. The van der Waals surface area contributed by atoms with E-state index in [9.17, 15) is 30.4 Å². The summed E-state index contributed by atoms with van der Waals surface area (Å²) >= 11 is 0. The summed E-state index contributed by atoms with van der Waals surface area (Å²) in [6.45, 7) is 0. The molecule has 0 fully saturated rings. The SMILES string of the molecule is [N-]=[N+]=Nc1cc(OS(=O)(=O)C(F)(F)F)c(F)cc1F. The van der Waals surface area contributed by atoms with Gasteiger partial charge in [0.15, 0.2) is 11.6 Å². The Hall–Kier alpha value is -2.07. The van der Waals surface area contributed by atoms with Crippen LogP contribution in [0.4, 0.5) is 27.6 Å². The lowest BCUT2D eigenvalue weighted by atomic mass is 10.3. The quantitative estimate of drug-likeness (QED) is 0.214. The van der Waals surface area contributed by atoms with Crippen molar-refractivity contribution in [3.05, 3.63) is 34.2 Å². The molecule has 0 aliphatic rings. The summed E-state index contributed by atoms with van der Waals surface area (Å²) in [5.41, 5.74) is 1.32. The van der Waals surface area contributed by atoms with Crippen LogP contribution in [-0.4, -0.2) is 13.9 Å². The molecule has 0 aliphatic heterocycles. The molecule has 0 spiro atoms. The van der Waals surface area contributed by atoms with Crippen molar-refractivity contribution in [2.24, 2.45) is 5.11 Å². The van der Waals surface area contributed by atoms with Crippen molar-refractivity contribution >= 4 is 15.8 Å². The Bertz CT molecular complexity index is 651. The van der Waals surface area contributed by atoms with E-state index in [1.54, 1.807) is 0 Å². The van der Waals surface area contributed by atoms with E-state index in [-0.39, 0.29) is 12.1 Å². The number of halogens is 5. The van der Waals surface area contributed by atoms with Crippen LogP contribution < -0.4 is 4.18 Å². The van der Waals surface area contributed by atoms with Crippen molar-refractivity contribution < 1.29 is 34.6 Å². The Morgan fingerprint density at radius 2 is 1.79 bits per heavy atom. The molecule has 0 aliphatic carbocycles. The van der Waals surface area contributed by atoms with Gasteiger partial charge in [0.2, 0.25) is 0 Å². The van der Waals surface area contributed by atoms with E-state index in [4.69, 9.17) is 5.53 Å². The zero-order valence-corrected chi connectivity index (χ0v) is 9.34. The maximum absolute atomic E-state index is 13.1. The minimum absolute atomic E-state index is 0.0191. The van der Waals surface area contributed by atoms with Gasteiger partial charge in [-0.05, 0) is 11.6 Å². The first-order valence-electron chi connectivity index (χ1n) is 4.13. The summed E-state index contributed by atoms with van der Waals surface area (Å²) in [5.74, 6) is -4.55. The van der Waals surface area contributed by atoms with Crippen LogP contribution in [0.25, 0.3) is 10.4 Å². The van der Waals surface area contributed by atoms with Gasteiger partial charge in [0, 0.05) is 11.0 Å². The molecule has 1 rings (SSSR count). The number of nitrogens with zero attached hydrogens (tertiary/aromatic N) is 3. The van der Waals surface area contributed by atoms with Crippen LogP contribution in [0.3, 0.4) is 0 Å². The molecule has 19 heavy (non-hydrogen) atoms. The van der Waals surface area contributed by atoms with E-state index in [1.807, 2.05) is 0 Å². The molecule has 12 heteroatoms. The molecule has 0 N–H and O–H groups in total. The summed E-state index contributed by atoms with van der Waals surface area (Å²) < 4.78 is 86.7. The normalized spacial score (nSPS) is 11.8. The summed E-state index contributed by atoms with van der Waals surface area (Å²) in [5, 5.41) is 2.68. The third-order valence-electron chi connectivity index (χ3n) is 1.64. The topological polar surface area (TPSA) is 92.1 Å². The highest BCUT2D eigenvalue weighted by atomic mass is 32.2. The second-order valence-electron chi connectivity index (χ2n) is 2.91. The van der Waals surface area contributed by atoms with Crippen LogP contribution in [0.1, 0.15) is 0 Å². The Morgan fingerprint density at radius 3 is 2.26 bits per heavy atom. The largest absolute Gasteiger partial charge is 0.534 e. The van der Waals surface area contributed by atoms with E-state index in [0.717, 1.165) is 0 Å². The van der Waals surface area contributed by atoms with Gasteiger partial charge in [-0.1, -0.05) is 5.11 Å². The highest BCUT2D eigenvalue weighted by molar-refractivity contribution is 7.88. The van der Waals surface area contributed by atoms with E-state index >= 15 is 0 Å². The predicted molar refractivity (Wildman–Crippen MR) is 50.8 cm³/mol. The fraction of sp³-hybridized carbons (Fsp3) is 0.143. The molecular formula is C7H2F5N3O3S. The van der Waals surface area contributed by atoms with Crippen LogP contribution in [0.2, 0.25) is 0 Å². The number of hydrogen-bond donors (Lipinski definition) is 0. The van der Waals surface area contributed by atoms with Crippen molar-refractivity contribution in [1.29, 1.82) is 0 Å². The molecule has 1 aromatic rings. The van der Waals surface area contributed by atoms with Gasteiger partial charge in [-0.25, -0.2) is 8.78 Å². The van der Waals surface area contributed by atoms with Gasteiger partial charge in [-0.2, -0.15) is 21.6 Å². The van der Waals surface area contributed by atoms with Gasteiger partial charge in [0.05, 0.1) is 5.69 Å². The van der Waals surface area contributed by atoms with Crippen molar-refractivity contribution in [3.8, 4) is 5.75 Å². The van der Waals surface area contributed by atoms with Crippen molar-refractivity contribution in [2.75, 3.05) is 0 Å². The lowest BCUT2D eigenvalue weighted by molar-refractivity contribution is -0.0500. The van der Waals surface area contributed by atoms with Gasteiger partial charge in [-0.15, -0.1) is 0 Å². The maximum atomic E-state index is 13.1. The van der Waals surface area contributed by atoms with Gasteiger partial charge in [0.25, 0.3) is 0 Å². The van der Waals surface area contributed by atoms with E-state index < -0.39 is 38.7 Å². The number of alkyl halides is 3. The molecule has 6 nitrogen and oxygen atoms in total. The van der Waals surface area contributed by atoms with Crippen molar-refractivity contribution in [2.45, 2.75) is 5.51 Å². The van der Waals surface area contributed by atoms with E-state index in [2.05, 4.69) is 14.2 Å². The first-order valence-corrected chi connectivity index (χ1v) is 5.54. The second-order valence-corrected chi connectivity index (χ2v) is 4.44. The molecule has 0 unspecified atom stereocenters. The average molecular weight is 303 g/mol. The Morgan fingerprint density at radius 1 is 1.21 bits per heavy atom. The van der Waals surface area contributed by atoms with Crippen LogP contribution in [-0.2, 0) is 10.1 Å². The third-order valence-corrected chi connectivity index (χ3v) is 2.60. The fourth-order valence-corrected chi connectivity index (χ4v) is 1.33. The Balaban J connectivity index is 3.30. The molecule has 0 saturated carbocycles. The number of rotatable bonds is 3. The average Bonchev–Trinajstić information content (AvgIpc) is 2.23. The Kier molecular flexibility index (Phi) is 3.86. The Labute approximate surface area is 102 Å². The first-order chi connectivity index (χ1) is 8.58. The van der Waals surface area contributed by atoms with Gasteiger partial charge in [-0.3, -0.25) is 0 Å². The standard InChI is InChI=1S/C7H2F5N3O3S/c8-3-1-4(9)6(2-5(3)14-15-13)18-19(16,17)7(10,11)12/h1-2H. The monoisotopic (exact) mass is 303 g/mol. The summed E-state index contributed by atoms with van der Waals surface area (Å²) in [4.78, 5) is 2.12. The van der Waals surface area contributed by atoms with Crippen LogP contribution in [0, 0.1) is 11.6 Å². The zero-order valence-electron chi connectivity index (χ0n) is 8.52. The number of benzene rings is 1. The van der Waals surface area contributed by atoms with Gasteiger partial charge >= 0.3 is 15.6 Å². The molecule has 0 bridgehead atoms. The maximum Gasteiger partial charge on any atom is 0.534 e. The molecular weight excluding hydrogens is 301 g/mol. The second kappa shape index (κ2) is 4.90. The molecule has 1 aromatic carbocycles. The molecule has 104 valence electrons. The fourth-order valence-electron chi connectivity index (χ4n) is 0.873. The lowest BCUT2D eigenvalue weighted by Crippen LogP contribution is -2.28. The zero-order chi connectivity index (χ0) is 14.8. The third kappa shape index (κ3) is 3.23. The highest BCUT2D eigenvalue weighted by Gasteiger charge is 2.49. The smallest absolute Gasteiger partial charge is 0.373 e. The first kappa shape index (κ1) is 15.0. The molecule has 0 heterocycles. The molecule has 0 aromatic heterocycles. The summed E-state index contributed by atoms with van der Waals surface area (Å²) in [6.07, 6.45) is 0. The van der Waals surface area contributed by atoms with Gasteiger partial charge in [0.1, 0.15) is 5.82 Å². The van der Waals surface area contributed by atoms with Crippen molar-refractivity contribution in [1.82, 2.24) is 0 Å². The molecule has 0 atom stereocenters. The van der Waals surface area contributed by atoms with Crippen molar-refractivity contribution in [3.63, 3.8) is 0 Å². The van der Waals surface area contributed by atoms with E-state index in [1.165, 1.54) is 0 Å². The van der Waals surface area contributed by atoms with E-state index in [0.29, 0.717) is 0 Å². The lowest BCUT2D eigenvalue weighted by Gasteiger charge is -2.10.